The molecule has 0 spiro atoms. The predicted molar refractivity (Wildman–Crippen MR) is 47.4 cm³/mol. The highest BCUT2D eigenvalue weighted by molar-refractivity contribution is 6.30. The standard InChI is InChI=1S/C8H7ClF3NO/c9-5-1-2-6(13)7(3-5)14-4-8(10,11)12/h1-3H,4,13H2. The van der Waals surface area contributed by atoms with Crippen molar-refractivity contribution >= 4 is 17.3 Å². The molecule has 0 heterocycles. The van der Waals surface area contributed by atoms with Gasteiger partial charge in [0.05, 0.1) is 5.69 Å². The molecule has 0 amide bonds. The van der Waals surface area contributed by atoms with Crippen LogP contribution in [0.5, 0.6) is 5.75 Å². The minimum Gasteiger partial charge on any atom is -0.482 e. The number of nitrogen functional groups attached to an aromatic ring is 1. The maximum absolute atomic E-state index is 11.8. The highest BCUT2D eigenvalue weighted by atomic mass is 35.5. The fourth-order valence-electron chi connectivity index (χ4n) is 0.793. The van der Waals surface area contributed by atoms with Crippen LogP contribution in [0.15, 0.2) is 18.2 Å². The molecule has 2 nitrogen and oxygen atoms in total. The number of hydrogen-bond donors (Lipinski definition) is 1. The first-order valence-electron chi connectivity index (χ1n) is 3.63. The zero-order chi connectivity index (χ0) is 10.8. The van der Waals surface area contributed by atoms with Crippen LogP contribution < -0.4 is 10.5 Å². The van der Waals surface area contributed by atoms with Crippen LogP contribution in [-0.2, 0) is 0 Å². The summed E-state index contributed by atoms with van der Waals surface area (Å²) >= 11 is 5.55. The topological polar surface area (TPSA) is 35.2 Å². The lowest BCUT2D eigenvalue weighted by Gasteiger charge is -2.10. The van der Waals surface area contributed by atoms with Gasteiger partial charge in [-0.15, -0.1) is 0 Å². The Balaban J connectivity index is 2.72. The summed E-state index contributed by atoms with van der Waals surface area (Å²) in [5.41, 5.74) is 5.49. The molecule has 0 atom stereocenters. The molecule has 0 fully saturated rings. The molecule has 0 aliphatic heterocycles. The van der Waals surface area contributed by atoms with E-state index >= 15 is 0 Å². The lowest BCUT2D eigenvalue weighted by molar-refractivity contribution is -0.153. The van der Waals surface area contributed by atoms with Crippen molar-refractivity contribution in [3.05, 3.63) is 23.2 Å². The third kappa shape index (κ3) is 3.33. The van der Waals surface area contributed by atoms with E-state index in [1.54, 1.807) is 0 Å². The quantitative estimate of drug-likeness (QED) is 0.786. The van der Waals surface area contributed by atoms with Gasteiger partial charge in [0, 0.05) is 11.1 Å². The normalized spacial score (nSPS) is 11.4. The van der Waals surface area contributed by atoms with Gasteiger partial charge in [-0.05, 0) is 12.1 Å². The summed E-state index contributed by atoms with van der Waals surface area (Å²) in [6, 6.07) is 4.09. The number of benzene rings is 1. The zero-order valence-corrected chi connectivity index (χ0v) is 7.69. The van der Waals surface area contributed by atoms with Crippen LogP contribution >= 0.6 is 11.6 Å². The fourth-order valence-corrected chi connectivity index (χ4v) is 0.955. The zero-order valence-electron chi connectivity index (χ0n) is 6.94. The average molecular weight is 226 g/mol. The summed E-state index contributed by atoms with van der Waals surface area (Å²) in [4.78, 5) is 0. The fraction of sp³-hybridized carbons (Fsp3) is 0.250. The number of hydrogen-bond acceptors (Lipinski definition) is 2. The van der Waals surface area contributed by atoms with Crippen LogP contribution in [0.25, 0.3) is 0 Å². The number of nitrogens with two attached hydrogens (primary N) is 1. The van der Waals surface area contributed by atoms with Crippen molar-refractivity contribution in [1.82, 2.24) is 0 Å². The molecule has 1 aromatic rings. The van der Waals surface area contributed by atoms with E-state index in [0.29, 0.717) is 0 Å². The first-order valence-corrected chi connectivity index (χ1v) is 4.01. The van der Waals surface area contributed by atoms with Gasteiger partial charge in [0.25, 0.3) is 0 Å². The second-order valence-electron chi connectivity index (χ2n) is 2.59. The highest BCUT2D eigenvalue weighted by Gasteiger charge is 2.28. The van der Waals surface area contributed by atoms with E-state index in [2.05, 4.69) is 4.74 Å². The van der Waals surface area contributed by atoms with E-state index in [0.717, 1.165) is 0 Å². The maximum atomic E-state index is 11.8. The van der Waals surface area contributed by atoms with Crippen LogP contribution in [-0.4, -0.2) is 12.8 Å². The molecular formula is C8H7ClF3NO. The van der Waals surface area contributed by atoms with Gasteiger partial charge in [-0.1, -0.05) is 11.6 Å². The second-order valence-corrected chi connectivity index (χ2v) is 3.02. The first-order chi connectivity index (χ1) is 6.38. The smallest absolute Gasteiger partial charge is 0.422 e. The largest absolute Gasteiger partial charge is 0.482 e. The van der Waals surface area contributed by atoms with Crippen LogP contribution in [0.1, 0.15) is 0 Å². The molecular weight excluding hydrogens is 219 g/mol. The molecule has 0 unspecified atom stereocenters. The predicted octanol–water partition coefficient (Wildman–Crippen LogP) is 2.86. The lowest BCUT2D eigenvalue weighted by atomic mass is 10.3. The molecule has 0 aromatic heterocycles. The highest BCUT2D eigenvalue weighted by Crippen LogP contribution is 2.27. The van der Waals surface area contributed by atoms with E-state index < -0.39 is 12.8 Å². The van der Waals surface area contributed by atoms with Gasteiger partial charge >= 0.3 is 6.18 Å². The number of ether oxygens (including phenoxy) is 1. The molecule has 6 heteroatoms. The Hall–Kier alpha value is -1.10. The summed E-state index contributed by atoms with van der Waals surface area (Å²) in [6.07, 6.45) is -4.38. The molecule has 78 valence electrons. The lowest BCUT2D eigenvalue weighted by Crippen LogP contribution is -2.19. The maximum Gasteiger partial charge on any atom is 0.422 e. The molecule has 0 bridgehead atoms. The van der Waals surface area contributed by atoms with Crippen molar-refractivity contribution in [3.63, 3.8) is 0 Å². The molecule has 0 saturated carbocycles. The van der Waals surface area contributed by atoms with Crippen LogP contribution in [0, 0.1) is 0 Å². The number of rotatable bonds is 2. The van der Waals surface area contributed by atoms with Crippen molar-refractivity contribution < 1.29 is 17.9 Å². The monoisotopic (exact) mass is 225 g/mol. The minimum absolute atomic E-state index is 0.0603. The van der Waals surface area contributed by atoms with Gasteiger partial charge in [0.1, 0.15) is 5.75 Å². The molecule has 2 N–H and O–H groups in total. The summed E-state index contributed by atoms with van der Waals surface area (Å²) < 4.78 is 39.8. The van der Waals surface area contributed by atoms with Crippen LogP contribution in [0.3, 0.4) is 0 Å². The Kier molecular flexibility index (Phi) is 3.10. The van der Waals surface area contributed by atoms with E-state index in [4.69, 9.17) is 17.3 Å². The first kappa shape index (κ1) is 11.0. The molecule has 0 radical (unpaired) electrons. The average Bonchev–Trinajstić information content (AvgIpc) is 2.05. The summed E-state index contributed by atoms with van der Waals surface area (Å²) in [6.45, 7) is -1.38. The van der Waals surface area contributed by atoms with E-state index in [1.165, 1.54) is 18.2 Å². The summed E-state index contributed by atoms with van der Waals surface area (Å²) in [7, 11) is 0. The Morgan fingerprint density at radius 1 is 1.36 bits per heavy atom. The Morgan fingerprint density at radius 3 is 2.57 bits per heavy atom. The van der Waals surface area contributed by atoms with Gasteiger partial charge in [-0.25, -0.2) is 0 Å². The van der Waals surface area contributed by atoms with Crippen molar-refractivity contribution in [2.45, 2.75) is 6.18 Å². The van der Waals surface area contributed by atoms with Gasteiger partial charge in [-0.3, -0.25) is 0 Å². The van der Waals surface area contributed by atoms with E-state index in [1.807, 2.05) is 0 Å². The summed E-state index contributed by atoms with van der Waals surface area (Å²) in [5, 5.41) is 0.274. The molecule has 1 aromatic carbocycles. The summed E-state index contributed by atoms with van der Waals surface area (Å²) in [5.74, 6) is -0.0603. The number of alkyl halides is 3. The Labute approximate surface area is 83.4 Å². The second kappa shape index (κ2) is 3.96. The van der Waals surface area contributed by atoms with Gasteiger partial charge < -0.3 is 10.5 Å². The van der Waals surface area contributed by atoms with Crippen molar-refractivity contribution in [1.29, 1.82) is 0 Å². The molecule has 0 aliphatic rings. The SMILES string of the molecule is Nc1ccc(Cl)cc1OCC(F)(F)F. The number of anilines is 1. The Morgan fingerprint density at radius 2 is 2.00 bits per heavy atom. The molecule has 0 saturated heterocycles. The van der Waals surface area contributed by atoms with Crippen molar-refractivity contribution in [2.24, 2.45) is 0 Å². The number of halogens is 4. The molecule has 14 heavy (non-hydrogen) atoms. The van der Waals surface area contributed by atoms with Crippen LogP contribution in [0.2, 0.25) is 5.02 Å². The van der Waals surface area contributed by atoms with E-state index in [9.17, 15) is 13.2 Å². The minimum atomic E-state index is -4.38. The van der Waals surface area contributed by atoms with Gasteiger partial charge in [-0.2, -0.15) is 13.2 Å². The third-order valence-electron chi connectivity index (χ3n) is 1.37. The van der Waals surface area contributed by atoms with Crippen LogP contribution in [0.4, 0.5) is 18.9 Å². The Bertz CT molecular complexity index is 327. The third-order valence-corrected chi connectivity index (χ3v) is 1.60. The molecule has 1 rings (SSSR count). The van der Waals surface area contributed by atoms with Gasteiger partial charge in [0.2, 0.25) is 0 Å². The van der Waals surface area contributed by atoms with Crippen molar-refractivity contribution in [3.8, 4) is 5.75 Å². The molecule has 0 aliphatic carbocycles. The van der Waals surface area contributed by atoms with Gasteiger partial charge in [0.15, 0.2) is 6.61 Å². The van der Waals surface area contributed by atoms with Crippen molar-refractivity contribution in [2.75, 3.05) is 12.3 Å². The van der Waals surface area contributed by atoms with E-state index in [-0.39, 0.29) is 16.5 Å².